The molecular formula is C18H18O6. The van der Waals surface area contributed by atoms with Crippen LogP contribution in [0.25, 0.3) is 6.08 Å². The third kappa shape index (κ3) is 3.43. The van der Waals surface area contributed by atoms with Crippen LogP contribution in [-0.4, -0.2) is 37.3 Å². The highest BCUT2D eigenvalue weighted by molar-refractivity contribution is 6.09. The molecule has 0 saturated heterocycles. The van der Waals surface area contributed by atoms with Crippen molar-refractivity contribution in [2.75, 3.05) is 21.3 Å². The molecule has 2 aromatic rings. The van der Waals surface area contributed by atoms with Crippen LogP contribution in [0.5, 0.6) is 28.7 Å². The van der Waals surface area contributed by atoms with Crippen LogP contribution in [0.4, 0.5) is 0 Å². The van der Waals surface area contributed by atoms with Gasteiger partial charge in [-0.2, -0.15) is 0 Å². The average molecular weight is 330 g/mol. The maximum absolute atomic E-state index is 12.4. The van der Waals surface area contributed by atoms with Gasteiger partial charge in [-0.05, 0) is 35.9 Å². The number of phenolic OH excluding ortho intramolecular Hbond substituents is 2. The van der Waals surface area contributed by atoms with E-state index in [1.165, 1.54) is 45.6 Å². The van der Waals surface area contributed by atoms with Crippen molar-refractivity contribution < 1.29 is 29.2 Å². The first-order chi connectivity index (χ1) is 11.5. The van der Waals surface area contributed by atoms with Crippen LogP contribution in [0.15, 0.2) is 36.4 Å². The van der Waals surface area contributed by atoms with E-state index in [2.05, 4.69) is 0 Å². The number of aromatic hydroxyl groups is 2. The normalized spacial score (nSPS) is 10.6. The highest BCUT2D eigenvalue weighted by Gasteiger charge is 2.19. The number of methoxy groups -OCH3 is 3. The Morgan fingerprint density at radius 1 is 0.917 bits per heavy atom. The van der Waals surface area contributed by atoms with Crippen molar-refractivity contribution >= 4 is 11.9 Å². The van der Waals surface area contributed by atoms with Gasteiger partial charge in [0.25, 0.3) is 0 Å². The minimum atomic E-state index is -0.305. The molecule has 2 N–H and O–H groups in total. The van der Waals surface area contributed by atoms with Gasteiger partial charge in [0.05, 0.1) is 26.9 Å². The summed E-state index contributed by atoms with van der Waals surface area (Å²) in [4.78, 5) is 12.4. The molecule has 0 fully saturated rings. The molecule has 0 bridgehead atoms. The van der Waals surface area contributed by atoms with E-state index in [1.54, 1.807) is 18.2 Å². The summed E-state index contributed by atoms with van der Waals surface area (Å²) in [6.45, 7) is 0. The molecule has 0 aliphatic rings. The molecule has 0 heterocycles. The number of hydrogen-bond donors (Lipinski definition) is 2. The van der Waals surface area contributed by atoms with E-state index in [0.29, 0.717) is 22.6 Å². The zero-order chi connectivity index (χ0) is 17.7. The Kier molecular flexibility index (Phi) is 5.31. The zero-order valence-corrected chi connectivity index (χ0v) is 13.6. The molecule has 0 spiro atoms. The van der Waals surface area contributed by atoms with Crippen LogP contribution in [0.3, 0.4) is 0 Å². The molecule has 0 unspecified atom stereocenters. The highest BCUT2D eigenvalue weighted by atomic mass is 16.5. The van der Waals surface area contributed by atoms with E-state index in [9.17, 15) is 15.0 Å². The summed E-state index contributed by atoms with van der Waals surface area (Å²) in [7, 11) is 4.40. The molecule has 6 nitrogen and oxygen atoms in total. The number of ether oxygens (including phenoxy) is 3. The molecule has 24 heavy (non-hydrogen) atoms. The number of carbonyl (C=O) groups excluding carboxylic acids is 1. The molecular weight excluding hydrogens is 312 g/mol. The largest absolute Gasteiger partial charge is 0.504 e. The Morgan fingerprint density at radius 3 is 2.21 bits per heavy atom. The number of carbonyl (C=O) groups is 1. The van der Waals surface area contributed by atoms with E-state index in [1.807, 2.05) is 0 Å². The van der Waals surface area contributed by atoms with Crippen molar-refractivity contribution in [2.45, 2.75) is 0 Å². The standard InChI is InChI=1S/C18H18O6/c1-22-16-9-6-12(17(23-2)18(16)24-3)13(19)7-4-11-5-8-14(20)15(21)10-11/h4-10,20-21H,1-3H3/b7-4+. The monoisotopic (exact) mass is 330 g/mol. The SMILES string of the molecule is COc1ccc(C(=O)/C=C/c2ccc(O)c(O)c2)c(OC)c1OC. The topological polar surface area (TPSA) is 85.2 Å². The summed E-state index contributed by atoms with van der Waals surface area (Å²) < 4.78 is 15.7. The van der Waals surface area contributed by atoms with Crippen molar-refractivity contribution in [1.82, 2.24) is 0 Å². The molecule has 0 saturated carbocycles. The second kappa shape index (κ2) is 7.41. The fraction of sp³-hybridized carbons (Fsp3) is 0.167. The van der Waals surface area contributed by atoms with Crippen molar-refractivity contribution in [1.29, 1.82) is 0 Å². The Morgan fingerprint density at radius 2 is 1.62 bits per heavy atom. The molecule has 0 aromatic heterocycles. The van der Waals surface area contributed by atoms with E-state index in [0.717, 1.165) is 0 Å². The van der Waals surface area contributed by atoms with Crippen LogP contribution >= 0.6 is 0 Å². The van der Waals surface area contributed by atoms with Crippen molar-refractivity contribution in [3.63, 3.8) is 0 Å². The van der Waals surface area contributed by atoms with Gasteiger partial charge in [0.15, 0.2) is 28.8 Å². The molecule has 0 radical (unpaired) electrons. The smallest absolute Gasteiger partial charge is 0.204 e. The maximum Gasteiger partial charge on any atom is 0.204 e. The van der Waals surface area contributed by atoms with E-state index >= 15 is 0 Å². The Balaban J connectivity index is 2.35. The highest BCUT2D eigenvalue weighted by Crippen LogP contribution is 2.40. The molecule has 0 amide bonds. The lowest BCUT2D eigenvalue weighted by Gasteiger charge is -2.14. The fourth-order valence-corrected chi connectivity index (χ4v) is 2.20. The number of rotatable bonds is 6. The van der Waals surface area contributed by atoms with Crippen LogP contribution in [-0.2, 0) is 0 Å². The third-order valence-electron chi connectivity index (χ3n) is 3.40. The van der Waals surface area contributed by atoms with Crippen LogP contribution in [0.1, 0.15) is 15.9 Å². The maximum atomic E-state index is 12.4. The predicted octanol–water partition coefficient (Wildman–Crippen LogP) is 3.02. The number of benzene rings is 2. The van der Waals surface area contributed by atoms with Crippen molar-refractivity contribution in [3.05, 3.63) is 47.5 Å². The Labute approximate surface area is 139 Å². The van der Waals surface area contributed by atoms with Gasteiger partial charge in [-0.15, -0.1) is 0 Å². The van der Waals surface area contributed by atoms with Gasteiger partial charge >= 0.3 is 0 Å². The second-order valence-corrected chi connectivity index (χ2v) is 4.83. The third-order valence-corrected chi connectivity index (χ3v) is 3.40. The molecule has 2 rings (SSSR count). The van der Waals surface area contributed by atoms with Crippen LogP contribution in [0, 0.1) is 0 Å². The molecule has 6 heteroatoms. The van der Waals surface area contributed by atoms with Gasteiger partial charge < -0.3 is 24.4 Å². The summed E-state index contributed by atoms with van der Waals surface area (Å²) >= 11 is 0. The van der Waals surface area contributed by atoms with Gasteiger partial charge in [0.1, 0.15) is 0 Å². The lowest BCUT2D eigenvalue weighted by molar-refractivity contribution is 0.104. The van der Waals surface area contributed by atoms with Gasteiger partial charge in [-0.1, -0.05) is 12.1 Å². The van der Waals surface area contributed by atoms with Gasteiger partial charge in [0.2, 0.25) is 5.75 Å². The average Bonchev–Trinajstić information content (AvgIpc) is 2.60. The van der Waals surface area contributed by atoms with E-state index in [-0.39, 0.29) is 23.0 Å². The van der Waals surface area contributed by atoms with E-state index in [4.69, 9.17) is 14.2 Å². The molecule has 2 aromatic carbocycles. The van der Waals surface area contributed by atoms with Crippen molar-refractivity contribution in [3.8, 4) is 28.7 Å². The number of allylic oxidation sites excluding steroid dienone is 1. The number of ketones is 1. The minimum Gasteiger partial charge on any atom is -0.504 e. The van der Waals surface area contributed by atoms with Gasteiger partial charge in [0, 0.05) is 0 Å². The first-order valence-electron chi connectivity index (χ1n) is 7.05. The van der Waals surface area contributed by atoms with Crippen LogP contribution < -0.4 is 14.2 Å². The van der Waals surface area contributed by atoms with Crippen molar-refractivity contribution in [2.24, 2.45) is 0 Å². The summed E-state index contributed by atoms with van der Waals surface area (Å²) in [5, 5.41) is 18.8. The quantitative estimate of drug-likeness (QED) is 0.481. The first-order valence-corrected chi connectivity index (χ1v) is 7.05. The Hall–Kier alpha value is -3.15. The second-order valence-electron chi connectivity index (χ2n) is 4.83. The zero-order valence-electron chi connectivity index (χ0n) is 13.6. The number of hydrogen-bond acceptors (Lipinski definition) is 6. The molecule has 0 aliphatic carbocycles. The lowest BCUT2D eigenvalue weighted by atomic mass is 10.1. The van der Waals surface area contributed by atoms with E-state index < -0.39 is 0 Å². The summed E-state index contributed by atoms with van der Waals surface area (Å²) in [5.74, 6) is 0.286. The lowest BCUT2D eigenvalue weighted by Crippen LogP contribution is -2.02. The van der Waals surface area contributed by atoms with Crippen LogP contribution in [0.2, 0.25) is 0 Å². The molecule has 126 valence electrons. The first kappa shape index (κ1) is 17.2. The predicted molar refractivity (Wildman–Crippen MR) is 89.2 cm³/mol. The molecule has 0 aliphatic heterocycles. The van der Waals surface area contributed by atoms with Gasteiger partial charge in [-0.3, -0.25) is 4.79 Å². The molecule has 0 atom stereocenters. The minimum absolute atomic E-state index is 0.222. The summed E-state index contributed by atoms with van der Waals surface area (Å²) in [6.07, 6.45) is 2.87. The number of phenols is 2. The van der Waals surface area contributed by atoms with Gasteiger partial charge in [-0.25, -0.2) is 0 Å². The summed E-state index contributed by atoms with van der Waals surface area (Å²) in [5.41, 5.74) is 0.882. The Bertz CT molecular complexity index is 779. The summed E-state index contributed by atoms with van der Waals surface area (Å²) in [6, 6.07) is 7.47. The fourth-order valence-electron chi connectivity index (χ4n) is 2.20.